The third-order valence-electron chi connectivity index (χ3n) is 2.80. The van der Waals surface area contributed by atoms with Gasteiger partial charge >= 0.3 is 0 Å². The molecule has 0 heterocycles. The molecule has 0 amide bonds. The molecule has 0 fully saturated rings. The van der Waals surface area contributed by atoms with E-state index in [-0.39, 0.29) is 0 Å². The Labute approximate surface area is 109 Å². The van der Waals surface area contributed by atoms with Gasteiger partial charge in [-0.25, -0.2) is 0 Å². The summed E-state index contributed by atoms with van der Waals surface area (Å²) in [5.41, 5.74) is 3.88. The highest BCUT2D eigenvalue weighted by Crippen LogP contribution is 2.14. The van der Waals surface area contributed by atoms with Crippen molar-refractivity contribution in [2.45, 2.75) is 6.54 Å². The van der Waals surface area contributed by atoms with Gasteiger partial charge in [0.1, 0.15) is 0 Å². The maximum absolute atomic E-state index is 2.19. The Morgan fingerprint density at radius 3 is 2.22 bits per heavy atom. The van der Waals surface area contributed by atoms with Gasteiger partial charge in [-0.2, -0.15) is 0 Å². The monoisotopic (exact) mass is 237 g/mol. The smallest absolute Gasteiger partial charge is 0.0233 e. The second kappa shape index (κ2) is 6.18. The fraction of sp³-hybridized carbons (Fsp3) is 0.176. The number of benzene rings is 2. The molecule has 2 aromatic carbocycles. The van der Waals surface area contributed by atoms with Crippen LogP contribution in [0.1, 0.15) is 16.7 Å². The van der Waals surface area contributed by atoms with Gasteiger partial charge in [-0.3, -0.25) is 0 Å². The number of rotatable bonds is 4. The minimum Gasteiger partial charge on any atom is -0.305 e. The lowest BCUT2D eigenvalue weighted by atomic mass is 10.1. The summed E-state index contributed by atoms with van der Waals surface area (Å²) >= 11 is 0. The van der Waals surface area contributed by atoms with Gasteiger partial charge in [0.05, 0.1) is 0 Å². The van der Waals surface area contributed by atoms with Crippen molar-refractivity contribution in [2.75, 3.05) is 14.1 Å². The lowest BCUT2D eigenvalue weighted by Gasteiger charge is -2.12. The van der Waals surface area contributed by atoms with Crippen molar-refractivity contribution in [2.24, 2.45) is 0 Å². The topological polar surface area (TPSA) is 3.24 Å². The highest BCUT2D eigenvalue weighted by molar-refractivity contribution is 5.71. The van der Waals surface area contributed by atoms with Crippen LogP contribution in [0.4, 0.5) is 0 Å². The van der Waals surface area contributed by atoms with Crippen molar-refractivity contribution in [1.29, 1.82) is 0 Å². The Morgan fingerprint density at radius 1 is 0.833 bits per heavy atom. The molecule has 2 rings (SSSR count). The minimum absolute atomic E-state index is 0.968. The zero-order valence-electron chi connectivity index (χ0n) is 11.0. The van der Waals surface area contributed by atoms with Crippen LogP contribution >= 0.6 is 0 Å². The van der Waals surface area contributed by atoms with Gasteiger partial charge in [-0.1, -0.05) is 66.7 Å². The molecule has 0 atom stereocenters. The van der Waals surface area contributed by atoms with Crippen molar-refractivity contribution in [3.63, 3.8) is 0 Å². The van der Waals surface area contributed by atoms with E-state index in [9.17, 15) is 0 Å². The Balaban J connectivity index is 2.21. The van der Waals surface area contributed by atoms with E-state index in [0.717, 1.165) is 6.54 Å². The largest absolute Gasteiger partial charge is 0.305 e. The molecule has 0 N–H and O–H groups in total. The zero-order chi connectivity index (χ0) is 12.8. The van der Waals surface area contributed by atoms with Crippen molar-refractivity contribution in [3.8, 4) is 0 Å². The third-order valence-corrected chi connectivity index (χ3v) is 2.80. The number of hydrogen-bond acceptors (Lipinski definition) is 1. The van der Waals surface area contributed by atoms with Crippen LogP contribution in [0.2, 0.25) is 0 Å². The van der Waals surface area contributed by atoms with Crippen LogP contribution in [0.25, 0.3) is 12.2 Å². The molecule has 92 valence electrons. The van der Waals surface area contributed by atoms with E-state index in [0.29, 0.717) is 0 Å². The SMILES string of the molecule is CN(C)Cc1ccccc1/C=C/c1ccccc1. The highest BCUT2D eigenvalue weighted by atomic mass is 15.0. The summed E-state index contributed by atoms with van der Waals surface area (Å²) in [5.74, 6) is 0. The average Bonchev–Trinajstić information content (AvgIpc) is 2.38. The Hall–Kier alpha value is -1.86. The van der Waals surface area contributed by atoms with Crippen LogP contribution < -0.4 is 0 Å². The van der Waals surface area contributed by atoms with E-state index in [4.69, 9.17) is 0 Å². The first-order chi connectivity index (χ1) is 8.75. The minimum atomic E-state index is 0.968. The predicted octanol–water partition coefficient (Wildman–Crippen LogP) is 3.92. The molecule has 0 unspecified atom stereocenters. The summed E-state index contributed by atoms with van der Waals surface area (Å²) < 4.78 is 0. The summed E-state index contributed by atoms with van der Waals surface area (Å²) in [4.78, 5) is 2.19. The van der Waals surface area contributed by atoms with Gasteiger partial charge in [0.15, 0.2) is 0 Å². The van der Waals surface area contributed by atoms with E-state index in [1.54, 1.807) is 0 Å². The third kappa shape index (κ3) is 3.57. The average molecular weight is 237 g/mol. The molecule has 2 aromatic rings. The number of nitrogens with zero attached hydrogens (tertiary/aromatic N) is 1. The van der Waals surface area contributed by atoms with Crippen molar-refractivity contribution in [3.05, 3.63) is 71.3 Å². The molecule has 1 heteroatoms. The fourth-order valence-corrected chi connectivity index (χ4v) is 1.93. The summed E-state index contributed by atoms with van der Waals surface area (Å²) in [6.45, 7) is 0.968. The lowest BCUT2D eigenvalue weighted by Crippen LogP contribution is -2.11. The maximum atomic E-state index is 2.19. The van der Waals surface area contributed by atoms with Gasteiger partial charge in [0, 0.05) is 6.54 Å². The number of hydrogen-bond donors (Lipinski definition) is 0. The van der Waals surface area contributed by atoms with Gasteiger partial charge in [-0.05, 0) is 30.8 Å². The van der Waals surface area contributed by atoms with E-state index in [1.165, 1.54) is 16.7 Å². The molecule has 0 aliphatic rings. The second-order valence-electron chi connectivity index (χ2n) is 4.68. The van der Waals surface area contributed by atoms with Crippen LogP contribution in [-0.4, -0.2) is 19.0 Å². The van der Waals surface area contributed by atoms with Crippen molar-refractivity contribution < 1.29 is 0 Å². The Morgan fingerprint density at radius 2 is 1.50 bits per heavy atom. The normalized spacial score (nSPS) is 11.3. The molecule has 0 aliphatic heterocycles. The molecular weight excluding hydrogens is 218 g/mol. The van der Waals surface area contributed by atoms with Crippen LogP contribution in [0.15, 0.2) is 54.6 Å². The first-order valence-corrected chi connectivity index (χ1v) is 6.21. The van der Waals surface area contributed by atoms with Gasteiger partial charge in [0.25, 0.3) is 0 Å². The molecule has 0 spiro atoms. The van der Waals surface area contributed by atoms with Crippen LogP contribution in [0, 0.1) is 0 Å². The van der Waals surface area contributed by atoms with Gasteiger partial charge in [0.2, 0.25) is 0 Å². The van der Waals surface area contributed by atoms with Crippen LogP contribution in [0.5, 0.6) is 0 Å². The molecule has 0 bridgehead atoms. The predicted molar refractivity (Wildman–Crippen MR) is 79.2 cm³/mol. The lowest BCUT2D eigenvalue weighted by molar-refractivity contribution is 0.402. The van der Waals surface area contributed by atoms with E-state index >= 15 is 0 Å². The van der Waals surface area contributed by atoms with E-state index in [2.05, 4.69) is 79.7 Å². The molecule has 0 radical (unpaired) electrons. The Kier molecular flexibility index (Phi) is 4.32. The van der Waals surface area contributed by atoms with Crippen LogP contribution in [0.3, 0.4) is 0 Å². The van der Waals surface area contributed by atoms with Crippen molar-refractivity contribution >= 4 is 12.2 Å². The van der Waals surface area contributed by atoms with E-state index < -0.39 is 0 Å². The summed E-state index contributed by atoms with van der Waals surface area (Å²) in [6, 6.07) is 18.9. The summed E-state index contributed by atoms with van der Waals surface area (Å²) in [5, 5.41) is 0. The zero-order valence-corrected chi connectivity index (χ0v) is 11.0. The molecular formula is C17H19N. The first kappa shape index (κ1) is 12.6. The van der Waals surface area contributed by atoms with Gasteiger partial charge < -0.3 is 4.90 Å². The molecule has 18 heavy (non-hydrogen) atoms. The molecule has 0 saturated carbocycles. The fourth-order valence-electron chi connectivity index (χ4n) is 1.93. The maximum Gasteiger partial charge on any atom is 0.0233 e. The molecule has 0 aliphatic carbocycles. The first-order valence-electron chi connectivity index (χ1n) is 6.21. The standard InChI is InChI=1S/C17H19N/c1-18(2)14-17-11-7-6-10-16(17)13-12-15-8-4-3-5-9-15/h3-13H,14H2,1-2H3/b13-12+. The molecule has 1 nitrogen and oxygen atoms in total. The molecule has 0 saturated heterocycles. The second-order valence-corrected chi connectivity index (χ2v) is 4.68. The van der Waals surface area contributed by atoms with Gasteiger partial charge in [-0.15, -0.1) is 0 Å². The van der Waals surface area contributed by atoms with E-state index in [1.807, 2.05) is 6.07 Å². The molecule has 0 aromatic heterocycles. The van der Waals surface area contributed by atoms with Crippen LogP contribution in [-0.2, 0) is 6.54 Å². The quantitative estimate of drug-likeness (QED) is 0.728. The highest BCUT2D eigenvalue weighted by Gasteiger charge is 1.99. The Bertz CT molecular complexity index is 512. The summed E-state index contributed by atoms with van der Waals surface area (Å²) in [6.07, 6.45) is 4.35. The summed E-state index contributed by atoms with van der Waals surface area (Å²) in [7, 11) is 4.19. The van der Waals surface area contributed by atoms with Crippen molar-refractivity contribution in [1.82, 2.24) is 4.90 Å².